The van der Waals surface area contributed by atoms with Crippen LogP contribution in [-0.4, -0.2) is 40.8 Å². The van der Waals surface area contributed by atoms with Gasteiger partial charge in [-0.3, -0.25) is 9.67 Å². The molecule has 0 saturated carbocycles. The van der Waals surface area contributed by atoms with Crippen LogP contribution in [0.5, 0.6) is 0 Å². The van der Waals surface area contributed by atoms with E-state index in [-0.39, 0.29) is 29.8 Å². The summed E-state index contributed by atoms with van der Waals surface area (Å²) in [6.45, 7) is 7.26. The molecule has 5 nitrogen and oxygen atoms in total. The summed E-state index contributed by atoms with van der Waals surface area (Å²) in [5.74, 6) is 1.03. The van der Waals surface area contributed by atoms with Gasteiger partial charge in [0.1, 0.15) is 5.82 Å². The average molecular weight is 459 g/mol. The van der Waals surface area contributed by atoms with Crippen molar-refractivity contribution < 1.29 is 4.39 Å². The van der Waals surface area contributed by atoms with Gasteiger partial charge < -0.3 is 10.2 Å². The number of hydrogen-bond donors (Lipinski definition) is 1. The Morgan fingerprint density at radius 2 is 2.08 bits per heavy atom. The minimum absolute atomic E-state index is 0. The Labute approximate surface area is 166 Å². The number of nitrogens with zero attached hydrogens (tertiary/aromatic N) is 4. The zero-order valence-corrected chi connectivity index (χ0v) is 17.4. The van der Waals surface area contributed by atoms with Crippen LogP contribution in [0.3, 0.4) is 0 Å². The largest absolute Gasteiger partial charge is 0.357 e. The molecule has 0 radical (unpaired) electrons. The first-order chi connectivity index (χ1) is 11.6. The third-order valence-electron chi connectivity index (χ3n) is 3.64. The summed E-state index contributed by atoms with van der Waals surface area (Å²) in [7, 11) is 1.99. The lowest BCUT2D eigenvalue weighted by Gasteiger charge is -2.23. The molecule has 1 aromatic carbocycles. The summed E-state index contributed by atoms with van der Waals surface area (Å²) >= 11 is 0. The molecule has 138 valence electrons. The zero-order chi connectivity index (χ0) is 17.4. The lowest BCUT2D eigenvalue weighted by molar-refractivity contribution is 0.444. The lowest BCUT2D eigenvalue weighted by atomic mass is 10.2. The van der Waals surface area contributed by atoms with E-state index in [9.17, 15) is 4.39 Å². The standard InChI is InChI=1S/C18H26FN5.HI/c1-4-20-18(21-12-15(2)13-24-11-5-10-22-24)23(3)14-16-6-8-17(19)9-7-16;/h5-11,15H,4,12-14H2,1-3H3,(H,20,21);1H. The van der Waals surface area contributed by atoms with E-state index in [0.717, 1.165) is 31.2 Å². The van der Waals surface area contributed by atoms with E-state index in [1.165, 1.54) is 12.1 Å². The number of guanidine groups is 1. The van der Waals surface area contributed by atoms with Crippen LogP contribution in [0.25, 0.3) is 0 Å². The van der Waals surface area contributed by atoms with Crippen LogP contribution in [0.2, 0.25) is 0 Å². The first-order valence-corrected chi connectivity index (χ1v) is 8.29. The molecule has 0 bridgehead atoms. The average Bonchev–Trinajstić information content (AvgIpc) is 3.06. The Morgan fingerprint density at radius 1 is 1.36 bits per heavy atom. The number of hydrogen-bond acceptors (Lipinski definition) is 2. The van der Waals surface area contributed by atoms with Gasteiger partial charge >= 0.3 is 0 Å². The van der Waals surface area contributed by atoms with E-state index >= 15 is 0 Å². The Morgan fingerprint density at radius 3 is 2.68 bits per heavy atom. The second-order valence-electron chi connectivity index (χ2n) is 6.01. The number of nitrogens with one attached hydrogen (secondary N) is 1. The fraction of sp³-hybridized carbons (Fsp3) is 0.444. The van der Waals surface area contributed by atoms with E-state index in [2.05, 4.69) is 29.2 Å². The van der Waals surface area contributed by atoms with Gasteiger partial charge in [0.2, 0.25) is 0 Å². The highest BCUT2D eigenvalue weighted by molar-refractivity contribution is 14.0. The number of rotatable bonds is 7. The molecule has 2 rings (SSSR count). The first-order valence-electron chi connectivity index (χ1n) is 8.29. The van der Waals surface area contributed by atoms with Gasteiger partial charge in [0, 0.05) is 45.6 Å². The SMILES string of the molecule is CCNC(=NCC(C)Cn1cccn1)N(C)Cc1ccc(F)cc1.I. The van der Waals surface area contributed by atoms with Gasteiger partial charge in [0.15, 0.2) is 5.96 Å². The van der Waals surface area contributed by atoms with Crippen LogP contribution in [0.1, 0.15) is 19.4 Å². The fourth-order valence-electron chi connectivity index (χ4n) is 2.44. The van der Waals surface area contributed by atoms with Crippen molar-refractivity contribution in [2.24, 2.45) is 10.9 Å². The predicted molar refractivity (Wildman–Crippen MR) is 111 cm³/mol. The molecule has 1 atom stereocenters. The van der Waals surface area contributed by atoms with Crippen LogP contribution < -0.4 is 5.32 Å². The minimum atomic E-state index is -0.213. The molecule has 0 saturated heterocycles. The number of aromatic nitrogens is 2. The van der Waals surface area contributed by atoms with E-state index in [1.54, 1.807) is 18.3 Å². The predicted octanol–water partition coefficient (Wildman–Crippen LogP) is 3.37. The third-order valence-corrected chi connectivity index (χ3v) is 3.64. The molecule has 0 aliphatic heterocycles. The van der Waals surface area contributed by atoms with Gasteiger partial charge in [-0.25, -0.2) is 4.39 Å². The van der Waals surface area contributed by atoms with E-state index in [1.807, 2.05) is 24.0 Å². The molecule has 0 aliphatic rings. The molecule has 0 fully saturated rings. The number of aliphatic imine (C=N–C) groups is 1. The maximum Gasteiger partial charge on any atom is 0.193 e. The highest BCUT2D eigenvalue weighted by Crippen LogP contribution is 2.07. The molecular formula is C18H27FIN5. The summed E-state index contributed by atoms with van der Waals surface area (Å²) in [5, 5.41) is 7.54. The van der Waals surface area contributed by atoms with E-state index < -0.39 is 0 Å². The van der Waals surface area contributed by atoms with E-state index in [4.69, 9.17) is 4.99 Å². The summed E-state index contributed by atoms with van der Waals surface area (Å²) < 4.78 is 14.9. The molecule has 1 heterocycles. The summed E-state index contributed by atoms with van der Waals surface area (Å²) in [6, 6.07) is 8.50. The minimum Gasteiger partial charge on any atom is -0.357 e. The van der Waals surface area contributed by atoms with Crippen molar-refractivity contribution in [2.75, 3.05) is 20.1 Å². The molecule has 7 heteroatoms. The molecule has 0 spiro atoms. The molecule has 0 aliphatic carbocycles. The van der Waals surface area contributed by atoms with Crippen LogP contribution in [0.15, 0.2) is 47.7 Å². The molecular weight excluding hydrogens is 432 g/mol. The van der Waals surface area contributed by atoms with E-state index in [0.29, 0.717) is 12.5 Å². The molecule has 2 aromatic rings. The van der Waals surface area contributed by atoms with Gasteiger partial charge in [0.05, 0.1) is 0 Å². The maximum atomic E-state index is 13.0. The molecule has 25 heavy (non-hydrogen) atoms. The lowest BCUT2D eigenvalue weighted by Crippen LogP contribution is -2.38. The van der Waals surface area contributed by atoms with Crippen molar-refractivity contribution >= 4 is 29.9 Å². The van der Waals surface area contributed by atoms with Crippen molar-refractivity contribution in [1.82, 2.24) is 20.0 Å². The first kappa shape index (κ1) is 21.4. The van der Waals surface area contributed by atoms with Crippen LogP contribution in [-0.2, 0) is 13.1 Å². The Hall–Kier alpha value is -1.64. The molecule has 0 amide bonds. The third kappa shape index (κ3) is 7.41. The monoisotopic (exact) mass is 459 g/mol. The van der Waals surface area contributed by atoms with Gasteiger partial charge in [-0.2, -0.15) is 5.10 Å². The summed E-state index contributed by atoms with van der Waals surface area (Å²) in [5.41, 5.74) is 1.05. The van der Waals surface area contributed by atoms with Crippen LogP contribution in [0.4, 0.5) is 4.39 Å². The number of benzene rings is 1. The zero-order valence-electron chi connectivity index (χ0n) is 15.0. The second-order valence-corrected chi connectivity index (χ2v) is 6.01. The fourth-order valence-corrected chi connectivity index (χ4v) is 2.44. The second kappa shape index (κ2) is 11.1. The quantitative estimate of drug-likeness (QED) is 0.393. The van der Waals surface area contributed by atoms with Gasteiger partial charge in [-0.15, -0.1) is 24.0 Å². The van der Waals surface area contributed by atoms with Gasteiger partial charge in [-0.1, -0.05) is 19.1 Å². The molecule has 1 unspecified atom stereocenters. The van der Waals surface area contributed by atoms with Crippen molar-refractivity contribution in [3.8, 4) is 0 Å². The smallest absolute Gasteiger partial charge is 0.193 e. The molecule has 1 aromatic heterocycles. The normalized spacial score (nSPS) is 12.4. The summed E-state index contributed by atoms with van der Waals surface area (Å²) in [6.07, 6.45) is 3.75. The summed E-state index contributed by atoms with van der Waals surface area (Å²) in [4.78, 5) is 6.78. The highest BCUT2D eigenvalue weighted by Gasteiger charge is 2.09. The molecule has 1 N–H and O–H groups in total. The maximum absolute atomic E-state index is 13.0. The Bertz CT molecular complexity index is 627. The topological polar surface area (TPSA) is 45.5 Å². The van der Waals surface area contributed by atoms with Gasteiger partial charge in [0.25, 0.3) is 0 Å². The van der Waals surface area contributed by atoms with Crippen molar-refractivity contribution in [1.29, 1.82) is 0 Å². The highest BCUT2D eigenvalue weighted by atomic mass is 127. The Balaban J connectivity index is 0.00000312. The Kier molecular flexibility index (Phi) is 9.48. The van der Waals surface area contributed by atoms with Crippen molar-refractivity contribution in [3.63, 3.8) is 0 Å². The van der Waals surface area contributed by atoms with Crippen LogP contribution in [0, 0.1) is 11.7 Å². The van der Waals surface area contributed by atoms with Crippen molar-refractivity contribution in [3.05, 3.63) is 54.1 Å². The van der Waals surface area contributed by atoms with Crippen molar-refractivity contribution in [2.45, 2.75) is 26.9 Å². The van der Waals surface area contributed by atoms with Gasteiger partial charge in [-0.05, 0) is 36.6 Å². The number of halogens is 2. The van der Waals surface area contributed by atoms with Crippen LogP contribution >= 0.6 is 24.0 Å².